The number of aromatic nitrogens is 6. The maximum Gasteiger partial charge on any atom is 0.166 e. The fourth-order valence-electron chi connectivity index (χ4n) is 9.33. The standard InChI is InChI=1S/C51H30N6S/c1-7-22-40-31(14-1)32-15-2-8-23-41(32)55(40)46-30-47(56-42-24-9-3-16-33(42)34-17-4-10-25-43(34)56)54-50(53-46)39-21-13-20-37-35-18-5-11-26-44(35)57(48(37)39)51-49-38(28-29-52-51)36-19-6-12-27-45(36)58-49/h1-30H. The van der Waals surface area contributed by atoms with E-state index >= 15 is 0 Å². The van der Waals surface area contributed by atoms with Gasteiger partial charge in [0, 0.05) is 65.6 Å². The molecule has 0 spiro atoms. The first-order chi connectivity index (χ1) is 28.8. The summed E-state index contributed by atoms with van der Waals surface area (Å²) in [5.74, 6) is 3.13. The second kappa shape index (κ2) is 11.9. The Kier molecular flexibility index (Phi) is 6.50. The van der Waals surface area contributed by atoms with E-state index in [1.807, 2.05) is 6.20 Å². The Balaban J connectivity index is 1.18. The van der Waals surface area contributed by atoms with Crippen LogP contribution in [-0.2, 0) is 0 Å². The lowest BCUT2D eigenvalue weighted by atomic mass is 10.1. The first-order valence-corrected chi connectivity index (χ1v) is 20.3. The highest BCUT2D eigenvalue weighted by Crippen LogP contribution is 2.43. The van der Waals surface area contributed by atoms with Crippen LogP contribution in [0.3, 0.4) is 0 Å². The number of hydrogen-bond donors (Lipinski definition) is 0. The molecule has 0 N–H and O–H groups in total. The van der Waals surface area contributed by atoms with Gasteiger partial charge in [0.2, 0.25) is 0 Å². The zero-order valence-electron chi connectivity index (χ0n) is 30.9. The average Bonchev–Trinajstić information content (AvgIpc) is 4.03. The van der Waals surface area contributed by atoms with Crippen LogP contribution in [0.4, 0.5) is 0 Å². The number of pyridine rings is 1. The number of rotatable bonds is 4. The van der Waals surface area contributed by atoms with Crippen LogP contribution in [0.1, 0.15) is 0 Å². The van der Waals surface area contributed by atoms with Gasteiger partial charge < -0.3 is 0 Å². The molecule has 0 bridgehead atoms. The molecule has 7 aromatic carbocycles. The number of benzene rings is 7. The molecule has 58 heavy (non-hydrogen) atoms. The SMILES string of the molecule is c1ccc2c(c1)sc1c(-n3c4ccccc4c4cccc(-c5nc(-n6c7ccccc7c7ccccc76)cc(-n6c7ccccc7c7ccccc76)n5)c43)nccc12. The predicted octanol–water partition coefficient (Wildman–Crippen LogP) is 13.2. The van der Waals surface area contributed by atoms with Crippen molar-refractivity contribution < 1.29 is 0 Å². The maximum atomic E-state index is 5.58. The predicted molar refractivity (Wildman–Crippen MR) is 241 cm³/mol. The van der Waals surface area contributed by atoms with Crippen LogP contribution in [0, 0.1) is 0 Å². The van der Waals surface area contributed by atoms with Gasteiger partial charge in [0.05, 0.1) is 37.8 Å². The van der Waals surface area contributed by atoms with Gasteiger partial charge in [-0.2, -0.15) is 0 Å². The van der Waals surface area contributed by atoms with Gasteiger partial charge in [-0.3, -0.25) is 13.7 Å². The molecule has 7 heteroatoms. The van der Waals surface area contributed by atoms with E-state index in [4.69, 9.17) is 15.0 Å². The number of hydrogen-bond acceptors (Lipinski definition) is 4. The summed E-state index contributed by atoms with van der Waals surface area (Å²) >= 11 is 1.79. The molecule has 0 amide bonds. The van der Waals surface area contributed by atoms with E-state index in [1.54, 1.807) is 11.3 Å². The summed E-state index contributed by atoms with van der Waals surface area (Å²) in [5.41, 5.74) is 7.41. The third-order valence-electron chi connectivity index (χ3n) is 11.7. The summed E-state index contributed by atoms with van der Waals surface area (Å²) in [6.45, 7) is 0. The van der Waals surface area contributed by atoms with Crippen molar-refractivity contribution in [2.45, 2.75) is 0 Å². The molecule has 13 rings (SSSR count). The first-order valence-electron chi connectivity index (χ1n) is 19.5. The minimum Gasteiger partial charge on any atom is -0.294 e. The molecule has 270 valence electrons. The van der Waals surface area contributed by atoms with Gasteiger partial charge in [0.25, 0.3) is 0 Å². The van der Waals surface area contributed by atoms with Crippen molar-refractivity contribution in [2.24, 2.45) is 0 Å². The smallest absolute Gasteiger partial charge is 0.166 e. The van der Waals surface area contributed by atoms with Crippen LogP contribution < -0.4 is 0 Å². The molecular formula is C51H30N6S. The van der Waals surface area contributed by atoms with Crippen LogP contribution in [0.5, 0.6) is 0 Å². The van der Waals surface area contributed by atoms with Crippen molar-refractivity contribution in [3.63, 3.8) is 0 Å². The fourth-order valence-corrected chi connectivity index (χ4v) is 10.5. The summed E-state index contributed by atoms with van der Waals surface area (Å²) in [5, 5.41) is 9.45. The minimum absolute atomic E-state index is 0.634. The van der Waals surface area contributed by atoms with Gasteiger partial charge in [-0.05, 0) is 48.5 Å². The van der Waals surface area contributed by atoms with E-state index in [0.717, 1.165) is 71.6 Å². The first kappa shape index (κ1) is 31.6. The number of fused-ring (bicyclic) bond motifs is 12. The van der Waals surface area contributed by atoms with Crippen molar-refractivity contribution >= 4 is 96.9 Å². The summed E-state index contributed by atoms with van der Waals surface area (Å²) in [4.78, 5) is 16.3. The normalized spacial score (nSPS) is 12.1. The van der Waals surface area contributed by atoms with Gasteiger partial charge in [0.15, 0.2) is 11.6 Å². The Morgan fingerprint density at radius 3 is 1.38 bits per heavy atom. The number of para-hydroxylation sites is 6. The molecule has 0 atom stereocenters. The molecule has 6 nitrogen and oxygen atoms in total. The molecular weight excluding hydrogens is 729 g/mol. The fraction of sp³-hybridized carbons (Fsp3) is 0. The van der Waals surface area contributed by atoms with E-state index in [0.29, 0.717) is 5.82 Å². The number of nitrogens with zero attached hydrogens (tertiary/aromatic N) is 6. The molecule has 6 heterocycles. The minimum atomic E-state index is 0.634. The highest BCUT2D eigenvalue weighted by atomic mass is 32.1. The van der Waals surface area contributed by atoms with Crippen molar-refractivity contribution in [1.82, 2.24) is 28.7 Å². The van der Waals surface area contributed by atoms with E-state index in [9.17, 15) is 0 Å². The maximum absolute atomic E-state index is 5.58. The summed E-state index contributed by atoms with van der Waals surface area (Å²) in [7, 11) is 0. The number of thiophene rings is 1. The van der Waals surface area contributed by atoms with Crippen LogP contribution in [0.2, 0.25) is 0 Å². The molecule has 0 saturated carbocycles. The lowest BCUT2D eigenvalue weighted by Gasteiger charge is -2.15. The molecule has 0 radical (unpaired) electrons. The molecule has 6 aromatic heterocycles. The monoisotopic (exact) mass is 758 g/mol. The molecule has 13 aromatic rings. The summed E-state index contributed by atoms with van der Waals surface area (Å²) in [6, 6.07) is 62.5. The summed E-state index contributed by atoms with van der Waals surface area (Å²) < 4.78 is 9.32. The zero-order chi connectivity index (χ0) is 37.9. The van der Waals surface area contributed by atoms with Crippen molar-refractivity contribution in [2.75, 3.05) is 0 Å². The topological polar surface area (TPSA) is 53.5 Å². The van der Waals surface area contributed by atoms with Crippen LogP contribution >= 0.6 is 11.3 Å². The van der Waals surface area contributed by atoms with Crippen LogP contribution in [0.25, 0.3) is 114 Å². The van der Waals surface area contributed by atoms with Crippen molar-refractivity contribution in [1.29, 1.82) is 0 Å². The molecule has 0 aliphatic heterocycles. The van der Waals surface area contributed by atoms with Gasteiger partial charge >= 0.3 is 0 Å². The van der Waals surface area contributed by atoms with E-state index in [-0.39, 0.29) is 0 Å². The second-order valence-electron chi connectivity index (χ2n) is 14.8. The molecule has 0 saturated heterocycles. The third kappa shape index (κ3) is 4.33. The quantitative estimate of drug-likeness (QED) is 0.180. The largest absolute Gasteiger partial charge is 0.294 e. The molecule has 0 unspecified atom stereocenters. The van der Waals surface area contributed by atoms with E-state index < -0.39 is 0 Å². The molecule has 0 fully saturated rings. The Bertz CT molecular complexity index is 3590. The lowest BCUT2D eigenvalue weighted by molar-refractivity contribution is 0.993. The van der Waals surface area contributed by atoms with Crippen molar-refractivity contribution in [3.05, 3.63) is 182 Å². The van der Waals surface area contributed by atoms with Gasteiger partial charge in [0.1, 0.15) is 11.6 Å². The zero-order valence-corrected chi connectivity index (χ0v) is 31.7. The lowest BCUT2D eigenvalue weighted by Crippen LogP contribution is -2.07. The molecule has 0 aliphatic carbocycles. The Labute approximate surface area is 335 Å². The Morgan fingerprint density at radius 2 is 0.828 bits per heavy atom. The highest BCUT2D eigenvalue weighted by Gasteiger charge is 2.24. The highest BCUT2D eigenvalue weighted by molar-refractivity contribution is 7.26. The van der Waals surface area contributed by atoms with E-state index in [2.05, 4.69) is 190 Å². The Hall–Kier alpha value is -7.61. The second-order valence-corrected chi connectivity index (χ2v) is 15.9. The summed E-state index contributed by atoms with van der Waals surface area (Å²) in [6.07, 6.45) is 1.94. The van der Waals surface area contributed by atoms with Crippen LogP contribution in [0.15, 0.2) is 182 Å². The Morgan fingerprint density at radius 1 is 0.379 bits per heavy atom. The van der Waals surface area contributed by atoms with Crippen molar-refractivity contribution in [3.8, 4) is 28.8 Å². The molecule has 0 aliphatic rings. The van der Waals surface area contributed by atoms with Gasteiger partial charge in [-0.25, -0.2) is 15.0 Å². The van der Waals surface area contributed by atoms with Gasteiger partial charge in [-0.15, -0.1) is 11.3 Å². The van der Waals surface area contributed by atoms with Crippen LogP contribution in [-0.4, -0.2) is 28.7 Å². The average molecular weight is 759 g/mol. The van der Waals surface area contributed by atoms with E-state index in [1.165, 1.54) is 37.0 Å². The van der Waals surface area contributed by atoms with Gasteiger partial charge in [-0.1, -0.05) is 121 Å². The third-order valence-corrected chi connectivity index (χ3v) is 12.9.